The van der Waals surface area contributed by atoms with E-state index in [2.05, 4.69) is 53.6 Å². The lowest BCUT2D eigenvalue weighted by atomic mass is 10.1. The zero-order valence-corrected chi connectivity index (χ0v) is 21.9. The van der Waals surface area contributed by atoms with Gasteiger partial charge in [-0.25, -0.2) is 14.4 Å². The number of nitrogens with one attached hydrogen (secondary N) is 2. The second-order valence-electron chi connectivity index (χ2n) is 9.93. The summed E-state index contributed by atoms with van der Waals surface area (Å²) in [4.78, 5) is 17.7. The molecule has 0 radical (unpaired) electrons. The quantitative estimate of drug-likeness (QED) is 0.399. The summed E-state index contributed by atoms with van der Waals surface area (Å²) >= 11 is 0. The molecule has 2 aliphatic heterocycles. The number of nitrogens with zero attached hydrogens (tertiary/aromatic N) is 6. The Morgan fingerprint density at radius 1 is 1.18 bits per heavy atom. The summed E-state index contributed by atoms with van der Waals surface area (Å²) < 4.78 is 20.0. The monoisotopic (exact) mass is 532 g/mol. The molecule has 3 heterocycles. The lowest BCUT2D eigenvalue weighted by Crippen LogP contribution is -2.48. The Morgan fingerprint density at radius 3 is 2.69 bits per heavy atom. The molecular formula is C28H33FN8O2. The molecule has 204 valence electrons. The molecule has 3 aromatic rings. The van der Waals surface area contributed by atoms with Crippen molar-refractivity contribution in [3.05, 3.63) is 54.4 Å². The van der Waals surface area contributed by atoms with Crippen molar-refractivity contribution in [1.82, 2.24) is 25.2 Å². The molecule has 2 fully saturated rings. The molecule has 0 spiro atoms. The molecule has 2 aromatic carbocycles. The summed E-state index contributed by atoms with van der Waals surface area (Å²) in [6.45, 7) is 7.13. The summed E-state index contributed by atoms with van der Waals surface area (Å²) in [5.41, 5.74) is 2.92. The fraction of sp³-hybridized carbons (Fsp3) is 0.429. The van der Waals surface area contributed by atoms with Crippen LogP contribution in [0.2, 0.25) is 0 Å². The predicted octanol–water partition coefficient (Wildman–Crippen LogP) is 2.74. The number of alkyl halides is 1. The molecule has 3 N–H and O–H groups in total. The van der Waals surface area contributed by atoms with Crippen LogP contribution in [0.4, 0.5) is 21.7 Å². The Hall–Kier alpha value is -3.85. The number of ether oxygens (including phenoxy) is 1. The number of halogens is 1. The van der Waals surface area contributed by atoms with Crippen LogP contribution in [0.15, 0.2) is 48.8 Å². The number of benzene rings is 2. The van der Waals surface area contributed by atoms with Crippen LogP contribution in [-0.4, -0.2) is 89.2 Å². The second-order valence-corrected chi connectivity index (χ2v) is 9.93. The topological polar surface area (TPSA) is 122 Å². The summed E-state index contributed by atoms with van der Waals surface area (Å²) in [7, 11) is 0. The van der Waals surface area contributed by atoms with Gasteiger partial charge in [-0.2, -0.15) is 10.2 Å². The van der Waals surface area contributed by atoms with E-state index in [1.807, 2.05) is 19.1 Å². The van der Waals surface area contributed by atoms with Crippen LogP contribution < -0.4 is 20.3 Å². The lowest BCUT2D eigenvalue weighted by Gasteiger charge is -2.36. The minimum Gasteiger partial charge on any atom is -0.486 e. The third-order valence-electron chi connectivity index (χ3n) is 6.94. The summed E-state index contributed by atoms with van der Waals surface area (Å²) in [5, 5.41) is 25.5. The Kier molecular flexibility index (Phi) is 8.46. The molecule has 10 nitrogen and oxygen atoms in total. The second kappa shape index (κ2) is 12.3. The first kappa shape index (κ1) is 26.7. The number of hydrogen-bond donors (Lipinski definition) is 3. The normalized spacial score (nSPS) is 20.7. The number of anilines is 3. The highest BCUT2D eigenvalue weighted by Gasteiger charge is 2.27. The van der Waals surface area contributed by atoms with Gasteiger partial charge in [0.25, 0.3) is 0 Å². The zero-order valence-electron chi connectivity index (χ0n) is 21.9. The zero-order chi connectivity index (χ0) is 27.2. The molecular weight excluding hydrogens is 499 g/mol. The van der Waals surface area contributed by atoms with E-state index in [-0.39, 0.29) is 12.6 Å². The largest absolute Gasteiger partial charge is 0.486 e. The lowest BCUT2D eigenvalue weighted by molar-refractivity contribution is 0.0729. The van der Waals surface area contributed by atoms with Gasteiger partial charge in [0, 0.05) is 56.2 Å². The minimum atomic E-state index is -1.12. The third kappa shape index (κ3) is 6.78. The van der Waals surface area contributed by atoms with E-state index in [0.717, 1.165) is 37.6 Å². The number of rotatable bonds is 8. The number of aliphatic hydroxyl groups is 1. The highest BCUT2D eigenvalue weighted by molar-refractivity contribution is 5.64. The predicted molar refractivity (Wildman–Crippen MR) is 147 cm³/mol. The van der Waals surface area contributed by atoms with Crippen LogP contribution in [0.3, 0.4) is 0 Å². The van der Waals surface area contributed by atoms with Crippen LogP contribution in [0.25, 0.3) is 11.4 Å². The fourth-order valence-electron chi connectivity index (χ4n) is 4.89. The van der Waals surface area contributed by atoms with Crippen LogP contribution in [0.1, 0.15) is 18.9 Å². The van der Waals surface area contributed by atoms with Gasteiger partial charge in [0.15, 0.2) is 5.82 Å². The van der Waals surface area contributed by atoms with E-state index in [9.17, 15) is 14.8 Å². The van der Waals surface area contributed by atoms with Crippen molar-refractivity contribution in [2.24, 2.45) is 0 Å². The van der Waals surface area contributed by atoms with Gasteiger partial charge in [-0.15, -0.1) is 0 Å². The molecule has 0 amide bonds. The smallest absolute Gasteiger partial charge is 0.230 e. The van der Waals surface area contributed by atoms with E-state index < -0.39 is 12.3 Å². The number of piperazine rings is 1. The number of piperidine rings is 1. The first-order valence-corrected chi connectivity index (χ1v) is 13.3. The number of aromatic nitrogens is 3. The molecule has 0 bridgehead atoms. The van der Waals surface area contributed by atoms with Crippen LogP contribution in [0.5, 0.6) is 5.75 Å². The van der Waals surface area contributed by atoms with Crippen LogP contribution in [0, 0.1) is 11.3 Å². The highest BCUT2D eigenvalue weighted by atomic mass is 19.1. The Labute approximate surface area is 227 Å². The van der Waals surface area contributed by atoms with Gasteiger partial charge in [-0.3, -0.25) is 4.90 Å². The van der Waals surface area contributed by atoms with E-state index >= 15 is 0 Å². The molecule has 2 aliphatic rings. The summed E-state index contributed by atoms with van der Waals surface area (Å²) in [6.07, 6.45) is -0.0530. The molecule has 2 saturated heterocycles. The van der Waals surface area contributed by atoms with Gasteiger partial charge < -0.3 is 25.4 Å². The van der Waals surface area contributed by atoms with Crippen LogP contribution in [-0.2, 0) is 0 Å². The van der Waals surface area contributed by atoms with Crippen molar-refractivity contribution >= 4 is 17.3 Å². The van der Waals surface area contributed by atoms with Crippen molar-refractivity contribution < 1.29 is 14.2 Å². The van der Waals surface area contributed by atoms with Gasteiger partial charge in [0.1, 0.15) is 30.4 Å². The van der Waals surface area contributed by atoms with Crippen molar-refractivity contribution in [2.75, 3.05) is 56.0 Å². The average molecular weight is 533 g/mol. The molecule has 1 aromatic heterocycles. The Morgan fingerprint density at radius 2 is 1.97 bits per heavy atom. The molecule has 5 rings (SSSR count). The first-order valence-electron chi connectivity index (χ1n) is 13.3. The summed E-state index contributed by atoms with van der Waals surface area (Å²) in [5.74, 6) is 1.15. The van der Waals surface area contributed by atoms with Crippen molar-refractivity contribution in [2.45, 2.75) is 31.7 Å². The van der Waals surface area contributed by atoms with E-state index in [1.54, 1.807) is 18.2 Å². The van der Waals surface area contributed by atoms with E-state index in [0.29, 0.717) is 48.2 Å². The van der Waals surface area contributed by atoms with Crippen molar-refractivity contribution in [3.8, 4) is 23.2 Å². The molecule has 11 heteroatoms. The maximum Gasteiger partial charge on any atom is 0.230 e. The fourth-order valence-corrected chi connectivity index (χ4v) is 4.89. The molecule has 0 saturated carbocycles. The third-order valence-corrected chi connectivity index (χ3v) is 6.94. The van der Waals surface area contributed by atoms with Gasteiger partial charge in [0.05, 0.1) is 11.7 Å². The maximum absolute atomic E-state index is 14.2. The first-order chi connectivity index (χ1) is 19.0. The number of nitriles is 1. The van der Waals surface area contributed by atoms with Crippen molar-refractivity contribution in [1.29, 1.82) is 5.26 Å². The molecule has 0 unspecified atom stereocenters. The Balaban J connectivity index is 1.23. The van der Waals surface area contributed by atoms with Gasteiger partial charge in [0.2, 0.25) is 5.95 Å². The standard InChI is InChI=1S/C28H33FN8O2/c1-19(38)17-36-10-12-37(13-11-36)23-5-3-22(4-6-23)34-28-33-18-32-27(35-28)20-2-7-25(21(14-20)15-30)39-26-8-9-31-16-24(26)29/h2-7,14,18-19,24,26,31,38H,8-13,16-17H2,1H3,(H,32,33,34,35)/t19-,24+,26-/m0/s1. The Bertz CT molecular complexity index is 1290. The van der Waals surface area contributed by atoms with Crippen LogP contribution >= 0.6 is 0 Å². The van der Waals surface area contributed by atoms with Gasteiger partial charge in [-0.1, -0.05) is 0 Å². The maximum atomic E-state index is 14.2. The van der Waals surface area contributed by atoms with Gasteiger partial charge >= 0.3 is 0 Å². The molecule has 0 aliphatic carbocycles. The SMILES string of the molecule is C[C@H](O)CN1CCN(c2ccc(Nc3ncnc(-c4ccc(O[C@H]5CCNC[C@H]5F)c(C#N)c4)n3)cc2)CC1. The highest BCUT2D eigenvalue weighted by Crippen LogP contribution is 2.28. The van der Waals surface area contributed by atoms with Crippen molar-refractivity contribution in [3.63, 3.8) is 0 Å². The minimum absolute atomic E-state index is 0.246. The number of hydrogen-bond acceptors (Lipinski definition) is 10. The average Bonchev–Trinajstić information content (AvgIpc) is 2.95. The number of aliphatic hydroxyl groups excluding tert-OH is 1. The summed E-state index contributed by atoms with van der Waals surface area (Å²) in [6, 6.07) is 15.3. The van der Waals surface area contributed by atoms with Gasteiger partial charge in [-0.05, 0) is 62.4 Å². The van der Waals surface area contributed by atoms with E-state index in [4.69, 9.17) is 4.74 Å². The molecule has 3 atom stereocenters. The number of β-amino-alcohol motifs (C(OH)–C–C–N with tert-alkyl or cyclic N) is 1. The van der Waals surface area contributed by atoms with E-state index in [1.165, 1.54) is 6.33 Å². The molecule has 39 heavy (non-hydrogen) atoms.